The molecule has 2 aliphatic rings. The molecule has 0 N–H and O–H groups in total. The van der Waals surface area contributed by atoms with E-state index in [4.69, 9.17) is 0 Å². The maximum atomic E-state index is 13.2. The summed E-state index contributed by atoms with van der Waals surface area (Å²) in [5, 5.41) is 8.44. The third kappa shape index (κ3) is 2.25. The molecule has 24 heavy (non-hydrogen) atoms. The van der Waals surface area contributed by atoms with E-state index in [0.717, 1.165) is 36.7 Å². The molecule has 2 aromatic rings. The van der Waals surface area contributed by atoms with Crippen LogP contribution in [0.3, 0.4) is 0 Å². The first-order valence-electron chi connectivity index (χ1n) is 8.37. The van der Waals surface area contributed by atoms with Gasteiger partial charge in [0.15, 0.2) is 5.82 Å². The molecule has 0 saturated carbocycles. The fourth-order valence-corrected chi connectivity index (χ4v) is 3.95. The number of pyridine rings is 1. The topological polar surface area (TPSA) is 62.2 Å². The Kier molecular flexibility index (Phi) is 3.48. The molecule has 1 spiro atoms. The largest absolute Gasteiger partial charge is 0.354 e. The molecule has 2 aliphatic heterocycles. The average Bonchev–Trinajstić information content (AvgIpc) is 3.11. The van der Waals surface area contributed by atoms with Crippen molar-refractivity contribution in [2.45, 2.75) is 20.3 Å². The molecule has 124 valence electrons. The van der Waals surface area contributed by atoms with Crippen LogP contribution in [-0.2, 0) is 4.79 Å². The predicted molar refractivity (Wildman–Crippen MR) is 91.8 cm³/mol. The minimum absolute atomic E-state index is 0.213. The highest BCUT2D eigenvalue weighted by molar-refractivity contribution is 6.00. The van der Waals surface area contributed by atoms with Crippen LogP contribution in [0.5, 0.6) is 0 Å². The summed E-state index contributed by atoms with van der Waals surface area (Å²) in [6.07, 6.45) is 4.37. The van der Waals surface area contributed by atoms with E-state index < -0.39 is 0 Å². The van der Waals surface area contributed by atoms with Crippen LogP contribution in [0.1, 0.15) is 19.0 Å². The molecule has 0 aliphatic carbocycles. The Bertz CT molecular complexity index is 748. The quantitative estimate of drug-likeness (QED) is 0.846. The van der Waals surface area contributed by atoms with Crippen LogP contribution in [-0.4, -0.2) is 40.7 Å². The van der Waals surface area contributed by atoms with Crippen molar-refractivity contribution in [3.05, 3.63) is 42.4 Å². The Morgan fingerprint density at radius 2 is 2.12 bits per heavy atom. The highest BCUT2D eigenvalue weighted by Crippen LogP contribution is 2.46. The van der Waals surface area contributed by atoms with E-state index in [0.29, 0.717) is 6.54 Å². The van der Waals surface area contributed by atoms with Gasteiger partial charge in [0.2, 0.25) is 5.91 Å². The lowest BCUT2D eigenvalue weighted by Crippen LogP contribution is -2.39. The minimum Gasteiger partial charge on any atom is -0.354 e. The predicted octanol–water partition coefficient (Wildman–Crippen LogP) is 2.06. The molecule has 0 radical (unpaired) electrons. The van der Waals surface area contributed by atoms with Gasteiger partial charge in [-0.05, 0) is 43.5 Å². The van der Waals surface area contributed by atoms with Crippen LogP contribution >= 0.6 is 0 Å². The van der Waals surface area contributed by atoms with Gasteiger partial charge in [0, 0.05) is 25.8 Å². The van der Waals surface area contributed by atoms with Crippen molar-refractivity contribution in [1.82, 2.24) is 15.2 Å². The second-order valence-corrected chi connectivity index (χ2v) is 6.89. The highest BCUT2D eigenvalue weighted by atomic mass is 16.2. The van der Waals surface area contributed by atoms with E-state index in [1.165, 1.54) is 0 Å². The van der Waals surface area contributed by atoms with Gasteiger partial charge >= 0.3 is 0 Å². The van der Waals surface area contributed by atoms with E-state index >= 15 is 0 Å². The lowest BCUT2D eigenvalue weighted by Gasteiger charge is -2.26. The summed E-state index contributed by atoms with van der Waals surface area (Å²) < 4.78 is 0. The summed E-state index contributed by atoms with van der Waals surface area (Å²) in [5.41, 5.74) is 1.46. The van der Waals surface area contributed by atoms with Crippen molar-refractivity contribution in [2.24, 2.45) is 11.3 Å². The van der Waals surface area contributed by atoms with Gasteiger partial charge in [-0.2, -0.15) is 5.10 Å². The van der Waals surface area contributed by atoms with Crippen molar-refractivity contribution >= 4 is 17.4 Å². The average molecular weight is 323 g/mol. The Hall–Kier alpha value is -2.50. The van der Waals surface area contributed by atoms with E-state index in [1.807, 2.05) is 36.1 Å². The van der Waals surface area contributed by atoms with Gasteiger partial charge in [0.25, 0.3) is 0 Å². The van der Waals surface area contributed by atoms with Gasteiger partial charge in [-0.25, -0.2) is 0 Å². The number of anilines is 2. The SMILES string of the molecule is Cc1ccc(N2C[C@@H](C)[C@@]3(CCN(c4cccnc4)C3=O)C2)nn1. The van der Waals surface area contributed by atoms with Crippen LogP contribution in [0.4, 0.5) is 11.5 Å². The van der Waals surface area contributed by atoms with Gasteiger partial charge in [0.05, 0.1) is 23.0 Å². The van der Waals surface area contributed by atoms with Crippen LogP contribution in [0.15, 0.2) is 36.7 Å². The molecule has 0 unspecified atom stereocenters. The molecule has 6 heteroatoms. The molecular weight excluding hydrogens is 302 g/mol. The molecule has 4 rings (SSSR count). The van der Waals surface area contributed by atoms with E-state index in [-0.39, 0.29) is 17.2 Å². The summed E-state index contributed by atoms with van der Waals surface area (Å²) in [5.74, 6) is 1.36. The fraction of sp³-hybridized carbons (Fsp3) is 0.444. The molecule has 6 nitrogen and oxygen atoms in total. The van der Waals surface area contributed by atoms with Crippen molar-refractivity contribution in [2.75, 3.05) is 29.4 Å². The zero-order valence-electron chi connectivity index (χ0n) is 14.0. The monoisotopic (exact) mass is 323 g/mol. The van der Waals surface area contributed by atoms with Crippen LogP contribution in [0.2, 0.25) is 0 Å². The summed E-state index contributed by atoms with van der Waals surface area (Å²) in [6.45, 7) is 6.40. The van der Waals surface area contributed by atoms with Gasteiger partial charge in [-0.1, -0.05) is 6.92 Å². The molecule has 0 bridgehead atoms. The van der Waals surface area contributed by atoms with Gasteiger partial charge in [-0.15, -0.1) is 5.10 Å². The summed E-state index contributed by atoms with van der Waals surface area (Å²) >= 11 is 0. The number of aryl methyl sites for hydroxylation is 1. The number of rotatable bonds is 2. The third-order valence-corrected chi connectivity index (χ3v) is 5.43. The number of carbonyl (C=O) groups is 1. The minimum atomic E-state index is -0.331. The Balaban J connectivity index is 1.59. The molecule has 1 amide bonds. The zero-order valence-corrected chi connectivity index (χ0v) is 14.0. The summed E-state index contributed by atoms with van der Waals surface area (Å²) in [4.78, 5) is 21.4. The lowest BCUT2D eigenvalue weighted by molar-refractivity contribution is -0.126. The molecule has 2 aromatic heterocycles. The van der Waals surface area contributed by atoms with E-state index in [9.17, 15) is 4.79 Å². The standard InChI is InChI=1S/C18H21N5O/c1-13-11-22(16-6-5-14(2)20-21-16)12-18(13)7-9-23(17(18)24)15-4-3-8-19-10-15/h3-6,8,10,13H,7,9,11-12H2,1-2H3/t13-,18-/m1/s1. The summed E-state index contributed by atoms with van der Waals surface area (Å²) in [7, 11) is 0. The van der Waals surface area contributed by atoms with E-state index in [1.54, 1.807) is 12.4 Å². The fourth-order valence-electron chi connectivity index (χ4n) is 3.95. The van der Waals surface area contributed by atoms with Gasteiger partial charge < -0.3 is 9.80 Å². The Morgan fingerprint density at radius 1 is 1.25 bits per heavy atom. The maximum Gasteiger partial charge on any atom is 0.235 e. The maximum absolute atomic E-state index is 13.2. The highest BCUT2D eigenvalue weighted by Gasteiger charge is 2.55. The Labute approximate surface area is 141 Å². The number of carbonyl (C=O) groups excluding carboxylic acids is 1. The molecule has 4 heterocycles. The van der Waals surface area contributed by atoms with Crippen molar-refractivity contribution < 1.29 is 4.79 Å². The number of nitrogens with zero attached hydrogens (tertiary/aromatic N) is 5. The molecular formula is C18H21N5O. The number of aromatic nitrogens is 3. The van der Waals surface area contributed by atoms with Crippen LogP contribution in [0, 0.1) is 18.3 Å². The van der Waals surface area contributed by atoms with Crippen molar-refractivity contribution in [3.63, 3.8) is 0 Å². The zero-order chi connectivity index (χ0) is 16.7. The number of amides is 1. The number of hydrogen-bond acceptors (Lipinski definition) is 5. The number of hydrogen-bond donors (Lipinski definition) is 0. The second kappa shape index (κ2) is 5.54. The van der Waals surface area contributed by atoms with Crippen LogP contribution < -0.4 is 9.80 Å². The normalized spacial score (nSPS) is 26.6. The van der Waals surface area contributed by atoms with Crippen molar-refractivity contribution in [3.8, 4) is 0 Å². The first-order chi connectivity index (χ1) is 11.6. The third-order valence-electron chi connectivity index (χ3n) is 5.43. The lowest BCUT2D eigenvalue weighted by atomic mass is 9.78. The summed E-state index contributed by atoms with van der Waals surface area (Å²) in [6, 6.07) is 7.79. The second-order valence-electron chi connectivity index (χ2n) is 6.89. The smallest absolute Gasteiger partial charge is 0.235 e. The van der Waals surface area contributed by atoms with Crippen molar-refractivity contribution in [1.29, 1.82) is 0 Å². The molecule has 2 atom stereocenters. The first kappa shape index (κ1) is 15.1. The van der Waals surface area contributed by atoms with Crippen LogP contribution in [0.25, 0.3) is 0 Å². The van der Waals surface area contributed by atoms with Gasteiger partial charge in [-0.3, -0.25) is 9.78 Å². The Morgan fingerprint density at radius 3 is 2.83 bits per heavy atom. The van der Waals surface area contributed by atoms with E-state index in [2.05, 4.69) is 27.0 Å². The van der Waals surface area contributed by atoms with Gasteiger partial charge in [0.1, 0.15) is 0 Å². The molecule has 2 saturated heterocycles. The first-order valence-corrected chi connectivity index (χ1v) is 8.37. The molecule has 0 aromatic carbocycles. The molecule has 2 fully saturated rings.